The second-order valence-electron chi connectivity index (χ2n) is 6.58. The van der Waals surface area contributed by atoms with Crippen molar-refractivity contribution in [3.05, 3.63) is 48.2 Å². The molecule has 6 nitrogen and oxygen atoms in total. The van der Waals surface area contributed by atoms with Gasteiger partial charge in [0.2, 0.25) is 0 Å². The number of nitrogens with zero attached hydrogens (tertiary/aromatic N) is 4. The second-order valence-corrected chi connectivity index (χ2v) is 6.58. The van der Waals surface area contributed by atoms with E-state index >= 15 is 0 Å². The Morgan fingerprint density at radius 3 is 2.66 bits per heavy atom. The Morgan fingerprint density at radius 1 is 1.21 bits per heavy atom. The Bertz CT molecular complexity index is 990. The number of aliphatic hydroxyl groups is 1. The van der Waals surface area contributed by atoms with Gasteiger partial charge in [-0.3, -0.25) is 14.8 Å². The quantitative estimate of drug-likeness (QED) is 0.585. The van der Waals surface area contributed by atoms with Crippen molar-refractivity contribution >= 4 is 6.08 Å². The molecule has 0 atom stereocenters. The molecule has 0 bridgehead atoms. The highest BCUT2D eigenvalue weighted by Crippen LogP contribution is 2.36. The lowest BCUT2D eigenvalue weighted by atomic mass is 9.96. The monoisotopic (exact) mass is 405 g/mol. The first kappa shape index (κ1) is 20.8. The SMILES string of the molecule is C=Cc1c(-c2cnc(-c3cn[nH]c3C(F)(F)F)cc2CCCC)cnn1CCO. The van der Waals surface area contributed by atoms with Crippen LogP contribution in [-0.2, 0) is 19.1 Å². The number of aliphatic hydroxyl groups excluding tert-OH is 1. The average Bonchev–Trinajstić information content (AvgIpc) is 3.33. The molecule has 0 radical (unpaired) electrons. The van der Waals surface area contributed by atoms with E-state index in [1.165, 1.54) is 0 Å². The van der Waals surface area contributed by atoms with Crippen LogP contribution in [-0.4, -0.2) is 36.7 Å². The molecule has 0 amide bonds. The average molecular weight is 405 g/mol. The summed E-state index contributed by atoms with van der Waals surface area (Å²) in [5.41, 5.74) is 2.39. The van der Waals surface area contributed by atoms with Crippen LogP contribution < -0.4 is 0 Å². The zero-order valence-corrected chi connectivity index (χ0v) is 16.0. The van der Waals surface area contributed by atoms with Gasteiger partial charge < -0.3 is 5.11 Å². The number of rotatable bonds is 8. The molecule has 3 rings (SSSR count). The third-order valence-corrected chi connectivity index (χ3v) is 4.66. The molecule has 0 aromatic carbocycles. The van der Waals surface area contributed by atoms with E-state index in [9.17, 15) is 18.3 Å². The summed E-state index contributed by atoms with van der Waals surface area (Å²) in [7, 11) is 0. The molecule has 0 aliphatic heterocycles. The molecule has 154 valence electrons. The topological polar surface area (TPSA) is 79.6 Å². The molecule has 0 fully saturated rings. The van der Waals surface area contributed by atoms with Gasteiger partial charge in [-0.15, -0.1) is 0 Å². The van der Waals surface area contributed by atoms with Crippen LogP contribution in [0.3, 0.4) is 0 Å². The Morgan fingerprint density at radius 2 is 2.00 bits per heavy atom. The molecule has 9 heteroatoms. The summed E-state index contributed by atoms with van der Waals surface area (Å²) < 4.78 is 41.4. The Labute approximate surface area is 166 Å². The third-order valence-electron chi connectivity index (χ3n) is 4.66. The van der Waals surface area contributed by atoms with Gasteiger partial charge in [0.05, 0.1) is 42.5 Å². The number of alkyl halides is 3. The molecule has 0 spiro atoms. The van der Waals surface area contributed by atoms with Gasteiger partial charge in [0, 0.05) is 17.3 Å². The third kappa shape index (κ3) is 4.24. The fraction of sp³-hybridized carbons (Fsp3) is 0.350. The Kier molecular flexibility index (Phi) is 6.17. The van der Waals surface area contributed by atoms with Crippen molar-refractivity contribution in [2.24, 2.45) is 0 Å². The fourth-order valence-corrected chi connectivity index (χ4v) is 3.25. The van der Waals surface area contributed by atoms with Gasteiger partial charge in [-0.05, 0) is 30.5 Å². The summed E-state index contributed by atoms with van der Waals surface area (Å²) in [6.07, 6.45) is 3.98. The maximum Gasteiger partial charge on any atom is 0.433 e. The maximum absolute atomic E-state index is 13.2. The molecule has 0 aliphatic rings. The Balaban J connectivity index is 2.11. The standard InChI is InChI=1S/C20H22F3N5O/c1-3-5-6-13-9-17(16-11-25-27-19(16)20(21,22)23)24-10-14(13)15-12-26-28(7-8-29)18(15)4-2/h4,9-12,29H,2-3,5-8H2,1H3,(H,25,27). The van der Waals surface area contributed by atoms with Gasteiger partial charge in [-0.2, -0.15) is 23.4 Å². The number of aromatic nitrogens is 5. The van der Waals surface area contributed by atoms with E-state index in [4.69, 9.17) is 0 Å². The van der Waals surface area contributed by atoms with E-state index < -0.39 is 11.9 Å². The van der Waals surface area contributed by atoms with Crippen LogP contribution in [0.2, 0.25) is 0 Å². The Hall–Kier alpha value is -2.94. The van der Waals surface area contributed by atoms with Gasteiger partial charge >= 0.3 is 6.18 Å². The highest BCUT2D eigenvalue weighted by molar-refractivity contribution is 5.76. The first-order valence-electron chi connectivity index (χ1n) is 9.30. The van der Waals surface area contributed by atoms with Crippen LogP contribution >= 0.6 is 0 Å². The van der Waals surface area contributed by atoms with E-state index in [1.54, 1.807) is 29.2 Å². The molecule has 0 saturated carbocycles. The zero-order valence-electron chi connectivity index (χ0n) is 16.0. The number of unbranched alkanes of at least 4 members (excludes halogenated alkanes) is 1. The van der Waals surface area contributed by atoms with Crippen molar-refractivity contribution in [1.82, 2.24) is 25.0 Å². The summed E-state index contributed by atoms with van der Waals surface area (Å²) in [5, 5.41) is 19.1. The van der Waals surface area contributed by atoms with Crippen LogP contribution in [0.25, 0.3) is 28.5 Å². The van der Waals surface area contributed by atoms with Crippen LogP contribution in [0.4, 0.5) is 13.2 Å². The van der Waals surface area contributed by atoms with Crippen molar-refractivity contribution in [2.45, 2.75) is 38.9 Å². The summed E-state index contributed by atoms with van der Waals surface area (Å²) in [6.45, 7) is 6.12. The van der Waals surface area contributed by atoms with Crippen LogP contribution in [0.15, 0.2) is 31.2 Å². The summed E-state index contributed by atoms with van der Waals surface area (Å²) in [5.74, 6) is 0. The number of H-pyrrole nitrogens is 1. The molecule has 3 aromatic rings. The summed E-state index contributed by atoms with van der Waals surface area (Å²) in [4.78, 5) is 4.29. The van der Waals surface area contributed by atoms with Crippen LogP contribution in [0, 0.1) is 0 Å². The largest absolute Gasteiger partial charge is 0.433 e. The molecule has 0 unspecified atom stereocenters. The number of nitrogens with one attached hydrogen (secondary N) is 1. The van der Waals surface area contributed by atoms with E-state index in [2.05, 4.69) is 21.8 Å². The van der Waals surface area contributed by atoms with Crippen molar-refractivity contribution in [2.75, 3.05) is 6.61 Å². The van der Waals surface area contributed by atoms with Gasteiger partial charge in [-0.25, -0.2) is 0 Å². The smallest absolute Gasteiger partial charge is 0.394 e. The molecule has 29 heavy (non-hydrogen) atoms. The molecule has 3 heterocycles. The van der Waals surface area contributed by atoms with Crippen molar-refractivity contribution in [3.8, 4) is 22.4 Å². The molecular formula is C20H22F3N5O. The molecule has 3 aromatic heterocycles. The fourth-order valence-electron chi connectivity index (χ4n) is 3.25. The predicted octanol–water partition coefficient (Wildman–Crippen LogP) is 4.33. The van der Waals surface area contributed by atoms with Gasteiger partial charge in [0.1, 0.15) is 5.69 Å². The van der Waals surface area contributed by atoms with Crippen molar-refractivity contribution in [3.63, 3.8) is 0 Å². The van der Waals surface area contributed by atoms with Gasteiger partial charge in [0.25, 0.3) is 0 Å². The highest BCUT2D eigenvalue weighted by atomic mass is 19.4. The first-order valence-corrected chi connectivity index (χ1v) is 9.30. The van der Waals surface area contributed by atoms with Crippen LogP contribution in [0.5, 0.6) is 0 Å². The first-order chi connectivity index (χ1) is 13.9. The van der Waals surface area contributed by atoms with E-state index in [0.29, 0.717) is 13.0 Å². The number of aryl methyl sites for hydroxylation is 1. The van der Waals surface area contributed by atoms with Gasteiger partial charge in [0.15, 0.2) is 0 Å². The minimum Gasteiger partial charge on any atom is -0.394 e. The minimum atomic E-state index is -4.54. The number of halogens is 3. The molecular weight excluding hydrogens is 383 g/mol. The van der Waals surface area contributed by atoms with Gasteiger partial charge in [-0.1, -0.05) is 19.9 Å². The number of pyridine rings is 1. The molecule has 0 saturated heterocycles. The normalized spacial score (nSPS) is 11.8. The minimum absolute atomic E-state index is 0.0669. The molecule has 2 N–H and O–H groups in total. The maximum atomic E-state index is 13.2. The van der Waals surface area contributed by atoms with Crippen molar-refractivity contribution in [1.29, 1.82) is 0 Å². The summed E-state index contributed by atoms with van der Waals surface area (Å²) >= 11 is 0. The number of hydrogen-bond donors (Lipinski definition) is 2. The lowest BCUT2D eigenvalue weighted by Gasteiger charge is -2.13. The number of hydrogen-bond acceptors (Lipinski definition) is 4. The summed E-state index contributed by atoms with van der Waals surface area (Å²) in [6, 6.07) is 1.68. The predicted molar refractivity (Wildman–Crippen MR) is 104 cm³/mol. The zero-order chi connectivity index (χ0) is 21.0. The van der Waals surface area contributed by atoms with E-state index in [-0.39, 0.29) is 17.9 Å². The lowest BCUT2D eigenvalue weighted by molar-refractivity contribution is -0.140. The highest BCUT2D eigenvalue weighted by Gasteiger charge is 2.36. The lowest BCUT2D eigenvalue weighted by Crippen LogP contribution is -2.08. The van der Waals surface area contributed by atoms with E-state index in [1.807, 2.05) is 12.0 Å². The van der Waals surface area contributed by atoms with E-state index in [0.717, 1.165) is 41.4 Å². The van der Waals surface area contributed by atoms with Crippen molar-refractivity contribution < 1.29 is 18.3 Å². The second kappa shape index (κ2) is 8.60. The number of aromatic amines is 1. The molecule has 0 aliphatic carbocycles. The van der Waals surface area contributed by atoms with Crippen LogP contribution in [0.1, 0.15) is 36.7 Å².